The fraction of sp³-hybridized carbons (Fsp3) is 0.286. The molecular weight excluding hydrogens is 441 g/mol. The Morgan fingerprint density at radius 1 is 1.03 bits per heavy atom. The molecule has 0 N–H and O–H groups in total. The van der Waals surface area contributed by atoms with Gasteiger partial charge in [0, 0.05) is 43.2 Å². The lowest BCUT2D eigenvalue weighted by molar-refractivity contribution is 0.384. The van der Waals surface area contributed by atoms with E-state index in [1.807, 2.05) is 23.6 Å². The molecule has 4 rings (SSSR count). The maximum absolute atomic E-state index is 13.5. The Labute approximate surface area is 184 Å². The first-order valence-electron chi connectivity index (χ1n) is 9.61. The van der Waals surface area contributed by atoms with E-state index < -0.39 is 15.8 Å². The summed E-state index contributed by atoms with van der Waals surface area (Å²) in [4.78, 5) is 6.76. The lowest BCUT2D eigenvalue weighted by Crippen LogP contribution is -2.48. The number of anilines is 1. The number of hydrogen-bond acceptors (Lipinski definition) is 7. The number of methoxy groups -OCH3 is 2. The highest BCUT2D eigenvalue weighted by atomic mass is 32.2. The first-order valence-corrected chi connectivity index (χ1v) is 11.9. The molecule has 7 nitrogen and oxygen atoms in total. The lowest BCUT2D eigenvalue weighted by atomic mass is 10.1. The largest absolute Gasteiger partial charge is 0.497 e. The van der Waals surface area contributed by atoms with Crippen molar-refractivity contribution in [1.29, 1.82) is 0 Å². The van der Waals surface area contributed by atoms with E-state index in [1.54, 1.807) is 14.2 Å². The van der Waals surface area contributed by atoms with Gasteiger partial charge in [0.2, 0.25) is 10.0 Å². The predicted molar refractivity (Wildman–Crippen MR) is 118 cm³/mol. The van der Waals surface area contributed by atoms with Gasteiger partial charge in [0.25, 0.3) is 0 Å². The average molecular weight is 464 g/mol. The molecule has 0 radical (unpaired) electrons. The van der Waals surface area contributed by atoms with Gasteiger partial charge in [0.1, 0.15) is 17.3 Å². The molecular formula is C21H22FN3O4S2. The first kappa shape index (κ1) is 21.5. The summed E-state index contributed by atoms with van der Waals surface area (Å²) in [6.45, 7) is 1.61. The number of benzene rings is 2. The summed E-state index contributed by atoms with van der Waals surface area (Å²) in [6, 6.07) is 10.7. The number of nitrogens with zero attached hydrogens (tertiary/aromatic N) is 3. The number of rotatable bonds is 6. The van der Waals surface area contributed by atoms with Crippen LogP contribution in [-0.4, -0.2) is 58.1 Å². The molecule has 1 aliphatic heterocycles. The number of piperazine rings is 1. The minimum Gasteiger partial charge on any atom is -0.497 e. The molecule has 3 aromatic rings. The molecule has 1 fully saturated rings. The van der Waals surface area contributed by atoms with Crippen LogP contribution in [0.15, 0.2) is 52.7 Å². The van der Waals surface area contributed by atoms with E-state index >= 15 is 0 Å². The molecule has 1 aromatic heterocycles. The fourth-order valence-electron chi connectivity index (χ4n) is 3.44. The van der Waals surface area contributed by atoms with E-state index in [2.05, 4.69) is 4.90 Å². The summed E-state index contributed by atoms with van der Waals surface area (Å²) in [5, 5.41) is 2.77. The van der Waals surface area contributed by atoms with Crippen molar-refractivity contribution in [3.05, 3.63) is 53.7 Å². The Bertz CT molecular complexity index is 1170. The lowest BCUT2D eigenvalue weighted by Gasteiger charge is -2.33. The van der Waals surface area contributed by atoms with Crippen LogP contribution in [0.2, 0.25) is 0 Å². The minimum atomic E-state index is -3.72. The first-order chi connectivity index (χ1) is 14.9. The number of sulfonamides is 1. The van der Waals surface area contributed by atoms with Gasteiger partial charge < -0.3 is 14.4 Å². The van der Waals surface area contributed by atoms with Crippen LogP contribution in [0.25, 0.3) is 11.3 Å². The van der Waals surface area contributed by atoms with Crippen LogP contribution in [-0.2, 0) is 10.0 Å². The van der Waals surface area contributed by atoms with Gasteiger partial charge in [-0.05, 0) is 30.3 Å². The SMILES string of the molecule is COc1ccc(-c2csc(N3CCN(S(=O)(=O)c4cccc(F)c4)CC3)n2)c(OC)c1. The van der Waals surface area contributed by atoms with Gasteiger partial charge in [-0.3, -0.25) is 0 Å². The highest BCUT2D eigenvalue weighted by Gasteiger charge is 2.29. The molecule has 0 saturated carbocycles. The molecule has 0 aliphatic carbocycles. The summed E-state index contributed by atoms with van der Waals surface area (Å²) < 4.78 is 51.2. The van der Waals surface area contributed by atoms with E-state index in [-0.39, 0.29) is 4.90 Å². The monoisotopic (exact) mass is 463 g/mol. The normalized spacial score (nSPS) is 15.1. The maximum atomic E-state index is 13.5. The van der Waals surface area contributed by atoms with Crippen molar-refractivity contribution in [3.8, 4) is 22.8 Å². The quantitative estimate of drug-likeness (QED) is 0.557. The van der Waals surface area contributed by atoms with Crippen molar-refractivity contribution in [2.24, 2.45) is 0 Å². The Hall–Kier alpha value is -2.69. The van der Waals surface area contributed by atoms with Crippen molar-refractivity contribution >= 4 is 26.5 Å². The molecule has 0 unspecified atom stereocenters. The summed E-state index contributed by atoms with van der Waals surface area (Å²) in [7, 11) is -0.521. The second-order valence-corrected chi connectivity index (χ2v) is 9.70. The van der Waals surface area contributed by atoms with Crippen LogP contribution in [0, 0.1) is 5.82 Å². The number of thiazole rings is 1. The van der Waals surface area contributed by atoms with Gasteiger partial charge in [0.15, 0.2) is 5.13 Å². The molecule has 0 amide bonds. The van der Waals surface area contributed by atoms with Crippen molar-refractivity contribution in [1.82, 2.24) is 9.29 Å². The Morgan fingerprint density at radius 2 is 1.81 bits per heavy atom. The van der Waals surface area contributed by atoms with E-state index in [9.17, 15) is 12.8 Å². The number of aromatic nitrogens is 1. The van der Waals surface area contributed by atoms with Crippen molar-refractivity contribution < 1.29 is 22.3 Å². The van der Waals surface area contributed by atoms with Crippen molar-refractivity contribution in [2.75, 3.05) is 45.3 Å². The van der Waals surface area contributed by atoms with E-state index in [0.717, 1.165) is 22.5 Å². The zero-order valence-electron chi connectivity index (χ0n) is 17.1. The molecule has 2 heterocycles. The average Bonchev–Trinajstić information content (AvgIpc) is 3.28. The third kappa shape index (κ3) is 4.36. The molecule has 0 bridgehead atoms. The van der Waals surface area contributed by atoms with Crippen LogP contribution in [0.4, 0.5) is 9.52 Å². The van der Waals surface area contributed by atoms with Crippen LogP contribution < -0.4 is 14.4 Å². The second kappa shape index (κ2) is 8.81. The Balaban J connectivity index is 1.48. The highest BCUT2D eigenvalue weighted by molar-refractivity contribution is 7.89. The van der Waals surface area contributed by atoms with Crippen LogP contribution >= 0.6 is 11.3 Å². The molecule has 0 atom stereocenters. The van der Waals surface area contributed by atoms with Crippen molar-refractivity contribution in [2.45, 2.75) is 4.90 Å². The Morgan fingerprint density at radius 3 is 2.48 bits per heavy atom. The molecule has 10 heteroatoms. The maximum Gasteiger partial charge on any atom is 0.243 e. The zero-order valence-corrected chi connectivity index (χ0v) is 18.7. The number of hydrogen-bond donors (Lipinski definition) is 0. The standard InChI is InChI=1S/C21H22FN3O4S2/c1-28-16-6-7-18(20(13-16)29-2)19-14-30-21(23-19)24-8-10-25(11-9-24)31(26,27)17-5-3-4-15(22)12-17/h3-7,12-14H,8-11H2,1-2H3. The van der Waals surface area contributed by atoms with Gasteiger partial charge in [-0.2, -0.15) is 4.31 Å². The third-order valence-corrected chi connectivity index (χ3v) is 7.92. The van der Waals surface area contributed by atoms with Gasteiger partial charge in [-0.25, -0.2) is 17.8 Å². The summed E-state index contributed by atoms with van der Waals surface area (Å²) in [6.07, 6.45) is 0. The smallest absolute Gasteiger partial charge is 0.243 e. The summed E-state index contributed by atoms with van der Waals surface area (Å²) >= 11 is 1.50. The van der Waals surface area contributed by atoms with E-state index in [4.69, 9.17) is 14.5 Å². The van der Waals surface area contributed by atoms with Gasteiger partial charge in [0.05, 0.1) is 24.8 Å². The Kier molecular flexibility index (Phi) is 6.12. The topological polar surface area (TPSA) is 72.0 Å². The third-order valence-electron chi connectivity index (χ3n) is 5.12. The van der Waals surface area contributed by atoms with E-state index in [0.29, 0.717) is 37.7 Å². The van der Waals surface area contributed by atoms with Crippen molar-refractivity contribution in [3.63, 3.8) is 0 Å². The van der Waals surface area contributed by atoms with Gasteiger partial charge >= 0.3 is 0 Å². The molecule has 164 valence electrons. The summed E-state index contributed by atoms with van der Waals surface area (Å²) in [5.74, 6) is 0.804. The number of ether oxygens (including phenoxy) is 2. The van der Waals surface area contributed by atoms with E-state index in [1.165, 1.54) is 33.8 Å². The molecule has 1 aliphatic rings. The predicted octanol–water partition coefficient (Wildman–Crippen LogP) is 3.48. The van der Waals surface area contributed by atoms with Crippen LogP contribution in [0.1, 0.15) is 0 Å². The summed E-state index contributed by atoms with van der Waals surface area (Å²) in [5.41, 5.74) is 1.65. The molecule has 0 spiro atoms. The zero-order chi connectivity index (χ0) is 22.0. The van der Waals surface area contributed by atoms with Gasteiger partial charge in [-0.1, -0.05) is 6.07 Å². The molecule has 2 aromatic carbocycles. The number of halogens is 1. The van der Waals surface area contributed by atoms with Gasteiger partial charge in [-0.15, -0.1) is 11.3 Å². The second-order valence-electron chi connectivity index (χ2n) is 6.93. The fourth-order valence-corrected chi connectivity index (χ4v) is 5.77. The minimum absolute atomic E-state index is 0.0240. The highest BCUT2D eigenvalue weighted by Crippen LogP contribution is 2.36. The molecule has 1 saturated heterocycles. The molecule has 31 heavy (non-hydrogen) atoms. The van der Waals surface area contributed by atoms with Crippen LogP contribution in [0.5, 0.6) is 11.5 Å². The van der Waals surface area contributed by atoms with Crippen LogP contribution in [0.3, 0.4) is 0 Å².